The first-order valence-corrected chi connectivity index (χ1v) is 6.71. The summed E-state index contributed by atoms with van der Waals surface area (Å²) in [4.78, 5) is 4.22. The largest absolute Gasteiger partial charge is 0.368 e. The Morgan fingerprint density at radius 3 is 3.00 bits per heavy atom. The highest BCUT2D eigenvalue weighted by Gasteiger charge is 2.22. The fourth-order valence-electron chi connectivity index (χ4n) is 1.75. The summed E-state index contributed by atoms with van der Waals surface area (Å²) in [6, 6.07) is 8.62. The minimum absolute atomic E-state index is 0.443. The third-order valence-electron chi connectivity index (χ3n) is 2.83. The Balaban J connectivity index is 1.77. The van der Waals surface area contributed by atoms with Crippen LogP contribution < -0.4 is 11.1 Å². The van der Waals surface area contributed by atoms with E-state index < -0.39 is 0 Å². The van der Waals surface area contributed by atoms with Gasteiger partial charge in [0.15, 0.2) is 0 Å². The van der Waals surface area contributed by atoms with E-state index in [2.05, 4.69) is 37.4 Å². The number of rotatable bonds is 4. The van der Waals surface area contributed by atoms with E-state index in [9.17, 15) is 0 Å². The van der Waals surface area contributed by atoms with Crippen LogP contribution in [-0.4, -0.2) is 20.8 Å². The van der Waals surface area contributed by atoms with Crippen molar-refractivity contribution < 1.29 is 0 Å². The van der Waals surface area contributed by atoms with Gasteiger partial charge < -0.3 is 11.1 Å². The Bertz CT molecular complexity index is 561. The van der Waals surface area contributed by atoms with Crippen LogP contribution in [0, 0.1) is 0 Å². The molecule has 6 heteroatoms. The zero-order chi connectivity index (χ0) is 12.5. The van der Waals surface area contributed by atoms with Gasteiger partial charge in [0.2, 0.25) is 11.9 Å². The lowest BCUT2D eigenvalue weighted by molar-refractivity contribution is 0.697. The van der Waals surface area contributed by atoms with Crippen molar-refractivity contribution in [2.75, 3.05) is 11.1 Å². The van der Waals surface area contributed by atoms with Crippen molar-refractivity contribution in [3.05, 3.63) is 34.3 Å². The van der Waals surface area contributed by atoms with E-state index in [-0.39, 0.29) is 0 Å². The molecule has 1 aromatic heterocycles. The van der Waals surface area contributed by atoms with Gasteiger partial charge in [0, 0.05) is 10.5 Å². The lowest BCUT2D eigenvalue weighted by Gasteiger charge is -2.03. The standard InChI is InChI=1S/C12H14BrN5/c13-9-3-1-2-8(6-9)7-18-11(14)16-12(17-18)15-10-4-5-10/h1-3,6,10H,4-5,7H2,(H3,14,15,16,17). The van der Waals surface area contributed by atoms with E-state index >= 15 is 0 Å². The van der Waals surface area contributed by atoms with Crippen molar-refractivity contribution in [3.63, 3.8) is 0 Å². The molecule has 0 amide bonds. The van der Waals surface area contributed by atoms with E-state index in [1.807, 2.05) is 18.2 Å². The molecule has 1 aliphatic carbocycles. The first-order valence-electron chi connectivity index (χ1n) is 5.92. The molecule has 0 aliphatic heterocycles. The van der Waals surface area contributed by atoms with E-state index in [0.717, 1.165) is 10.0 Å². The topological polar surface area (TPSA) is 68.8 Å². The molecule has 0 saturated heterocycles. The van der Waals surface area contributed by atoms with E-state index in [4.69, 9.17) is 5.73 Å². The van der Waals surface area contributed by atoms with Gasteiger partial charge in [-0.2, -0.15) is 4.98 Å². The predicted octanol–water partition coefficient (Wildman–Crippen LogP) is 2.25. The molecule has 0 unspecified atom stereocenters. The second-order valence-electron chi connectivity index (χ2n) is 4.50. The summed E-state index contributed by atoms with van der Waals surface area (Å²) in [5.41, 5.74) is 7.00. The van der Waals surface area contributed by atoms with Crippen LogP contribution in [0.3, 0.4) is 0 Å². The number of benzene rings is 1. The second kappa shape index (κ2) is 4.61. The Labute approximate surface area is 114 Å². The van der Waals surface area contributed by atoms with Crippen LogP contribution >= 0.6 is 15.9 Å². The highest BCUT2D eigenvalue weighted by molar-refractivity contribution is 9.10. The highest BCUT2D eigenvalue weighted by atomic mass is 79.9. The van der Waals surface area contributed by atoms with Crippen LogP contribution in [0.5, 0.6) is 0 Å². The molecule has 1 aliphatic rings. The van der Waals surface area contributed by atoms with E-state index in [0.29, 0.717) is 24.5 Å². The van der Waals surface area contributed by atoms with Crippen molar-refractivity contribution in [2.24, 2.45) is 0 Å². The maximum absolute atomic E-state index is 5.86. The monoisotopic (exact) mass is 307 g/mol. The van der Waals surface area contributed by atoms with Crippen LogP contribution in [0.2, 0.25) is 0 Å². The Hall–Kier alpha value is -1.56. The second-order valence-corrected chi connectivity index (χ2v) is 5.42. The van der Waals surface area contributed by atoms with Crippen LogP contribution in [-0.2, 0) is 6.54 Å². The average molecular weight is 308 g/mol. The number of hydrogen-bond acceptors (Lipinski definition) is 4. The lowest BCUT2D eigenvalue weighted by atomic mass is 10.2. The minimum atomic E-state index is 0.443. The molecule has 3 N–H and O–H groups in total. The fraction of sp³-hybridized carbons (Fsp3) is 0.333. The van der Waals surface area contributed by atoms with Gasteiger partial charge in [0.1, 0.15) is 0 Å². The van der Waals surface area contributed by atoms with Gasteiger partial charge in [-0.3, -0.25) is 0 Å². The zero-order valence-electron chi connectivity index (χ0n) is 9.81. The van der Waals surface area contributed by atoms with E-state index in [1.54, 1.807) is 4.68 Å². The Kier molecular flexibility index (Phi) is 2.95. The lowest BCUT2D eigenvalue weighted by Crippen LogP contribution is -2.07. The maximum Gasteiger partial charge on any atom is 0.244 e. The van der Waals surface area contributed by atoms with Crippen LogP contribution in [0.1, 0.15) is 18.4 Å². The highest BCUT2D eigenvalue weighted by Crippen LogP contribution is 2.23. The van der Waals surface area contributed by atoms with Crippen molar-refractivity contribution >= 4 is 27.8 Å². The smallest absolute Gasteiger partial charge is 0.244 e. The summed E-state index contributed by atoms with van der Waals surface area (Å²) in [5.74, 6) is 1.07. The molecule has 3 rings (SSSR count). The van der Waals surface area contributed by atoms with Crippen molar-refractivity contribution in [1.82, 2.24) is 14.8 Å². The molecule has 0 spiro atoms. The third kappa shape index (κ3) is 2.64. The van der Waals surface area contributed by atoms with Gasteiger partial charge in [0.05, 0.1) is 6.54 Å². The average Bonchev–Trinajstić information content (AvgIpc) is 3.05. The molecule has 0 atom stereocenters. The van der Waals surface area contributed by atoms with Crippen LogP contribution in [0.15, 0.2) is 28.7 Å². The summed E-state index contributed by atoms with van der Waals surface area (Å²) in [5, 5.41) is 7.61. The maximum atomic E-state index is 5.86. The van der Waals surface area contributed by atoms with Gasteiger partial charge in [-0.25, -0.2) is 4.68 Å². The normalized spacial score (nSPS) is 14.7. The van der Waals surface area contributed by atoms with Crippen LogP contribution in [0.4, 0.5) is 11.9 Å². The summed E-state index contributed by atoms with van der Waals surface area (Å²) in [7, 11) is 0. The number of aromatic nitrogens is 3. The molecule has 0 radical (unpaired) electrons. The van der Waals surface area contributed by atoms with Crippen LogP contribution in [0.25, 0.3) is 0 Å². The molecular formula is C12H14BrN5. The number of nitrogens with two attached hydrogens (primary N) is 1. The Morgan fingerprint density at radius 2 is 2.28 bits per heavy atom. The summed E-state index contributed by atoms with van der Waals surface area (Å²) in [6.45, 7) is 0.630. The Morgan fingerprint density at radius 1 is 1.44 bits per heavy atom. The quantitative estimate of drug-likeness (QED) is 0.909. The van der Waals surface area contributed by atoms with Crippen molar-refractivity contribution in [1.29, 1.82) is 0 Å². The van der Waals surface area contributed by atoms with Gasteiger partial charge in [-0.05, 0) is 30.5 Å². The molecule has 18 heavy (non-hydrogen) atoms. The first kappa shape index (κ1) is 11.5. The van der Waals surface area contributed by atoms with E-state index in [1.165, 1.54) is 12.8 Å². The number of anilines is 2. The molecule has 0 bridgehead atoms. The minimum Gasteiger partial charge on any atom is -0.368 e. The number of nitrogens with zero attached hydrogens (tertiary/aromatic N) is 3. The number of halogens is 1. The predicted molar refractivity (Wildman–Crippen MR) is 74.3 cm³/mol. The third-order valence-corrected chi connectivity index (χ3v) is 3.33. The fourth-order valence-corrected chi connectivity index (χ4v) is 2.20. The van der Waals surface area contributed by atoms with Gasteiger partial charge in [0.25, 0.3) is 0 Å². The summed E-state index contributed by atoms with van der Waals surface area (Å²) in [6.07, 6.45) is 2.39. The van der Waals surface area contributed by atoms with Crippen molar-refractivity contribution in [2.45, 2.75) is 25.4 Å². The first-order chi connectivity index (χ1) is 8.70. The molecule has 1 aromatic carbocycles. The zero-order valence-corrected chi connectivity index (χ0v) is 11.4. The van der Waals surface area contributed by atoms with Crippen molar-refractivity contribution in [3.8, 4) is 0 Å². The van der Waals surface area contributed by atoms with Gasteiger partial charge in [-0.1, -0.05) is 28.1 Å². The number of nitrogen functional groups attached to an aromatic ring is 1. The molecule has 1 fully saturated rings. The summed E-state index contributed by atoms with van der Waals surface area (Å²) >= 11 is 3.45. The van der Waals surface area contributed by atoms with Gasteiger partial charge >= 0.3 is 0 Å². The molecular weight excluding hydrogens is 294 g/mol. The summed E-state index contributed by atoms with van der Waals surface area (Å²) < 4.78 is 2.77. The number of nitrogens with one attached hydrogen (secondary N) is 1. The molecule has 2 aromatic rings. The molecule has 1 saturated carbocycles. The molecule has 94 valence electrons. The SMILES string of the molecule is Nc1nc(NC2CC2)nn1Cc1cccc(Br)c1. The molecule has 5 nitrogen and oxygen atoms in total. The van der Waals surface area contributed by atoms with Gasteiger partial charge in [-0.15, -0.1) is 5.10 Å². The molecule has 1 heterocycles. The number of hydrogen-bond donors (Lipinski definition) is 2.